The van der Waals surface area contributed by atoms with Crippen LogP contribution in [0.25, 0.3) is 0 Å². The molecular formula is C9H17N3. The molecule has 0 aromatic carbocycles. The van der Waals surface area contributed by atoms with Crippen molar-refractivity contribution in [2.24, 2.45) is 0 Å². The monoisotopic (exact) mass is 167 g/mol. The third-order valence-corrected chi connectivity index (χ3v) is 1.77. The Bertz CT molecular complexity index is 245. The fraction of sp³-hybridized carbons (Fsp3) is 0.667. The standard InChI is InChI=1S/C9H17N3/c1-9(2,3)12-6-8(5-10-4)11-7-12/h6-7,10H,5H2,1-4H3. The van der Waals surface area contributed by atoms with Crippen molar-refractivity contribution in [3.63, 3.8) is 0 Å². The van der Waals surface area contributed by atoms with Crippen molar-refractivity contribution >= 4 is 0 Å². The molecule has 0 unspecified atom stereocenters. The Balaban J connectivity index is 2.77. The summed E-state index contributed by atoms with van der Waals surface area (Å²) in [7, 11) is 1.93. The van der Waals surface area contributed by atoms with Gasteiger partial charge in [-0.3, -0.25) is 0 Å². The summed E-state index contributed by atoms with van der Waals surface area (Å²) in [5.41, 5.74) is 1.23. The lowest BCUT2D eigenvalue weighted by atomic mass is 10.1. The van der Waals surface area contributed by atoms with E-state index in [4.69, 9.17) is 0 Å². The van der Waals surface area contributed by atoms with Gasteiger partial charge in [0.15, 0.2) is 0 Å². The number of imidazole rings is 1. The Morgan fingerprint density at radius 1 is 1.50 bits per heavy atom. The molecule has 68 valence electrons. The van der Waals surface area contributed by atoms with Gasteiger partial charge in [0.2, 0.25) is 0 Å². The van der Waals surface area contributed by atoms with E-state index in [2.05, 4.69) is 41.8 Å². The maximum atomic E-state index is 4.27. The molecule has 0 fully saturated rings. The third-order valence-electron chi connectivity index (χ3n) is 1.77. The molecule has 0 saturated heterocycles. The summed E-state index contributed by atoms with van der Waals surface area (Å²) in [6.45, 7) is 7.33. The first kappa shape index (κ1) is 9.26. The molecular weight excluding hydrogens is 150 g/mol. The molecule has 1 N–H and O–H groups in total. The molecule has 0 aliphatic heterocycles. The minimum absolute atomic E-state index is 0.138. The van der Waals surface area contributed by atoms with Crippen molar-refractivity contribution in [3.8, 4) is 0 Å². The average Bonchev–Trinajstić information content (AvgIpc) is 2.35. The highest BCUT2D eigenvalue weighted by atomic mass is 15.1. The molecule has 0 aliphatic rings. The molecule has 1 heterocycles. The van der Waals surface area contributed by atoms with Gasteiger partial charge in [0.1, 0.15) is 0 Å². The van der Waals surface area contributed by atoms with Crippen LogP contribution in [0.2, 0.25) is 0 Å². The summed E-state index contributed by atoms with van der Waals surface area (Å²) in [5, 5.41) is 3.07. The normalized spacial score (nSPS) is 12.0. The van der Waals surface area contributed by atoms with Gasteiger partial charge in [0, 0.05) is 18.3 Å². The van der Waals surface area contributed by atoms with Crippen LogP contribution in [0.3, 0.4) is 0 Å². The van der Waals surface area contributed by atoms with E-state index in [0.29, 0.717) is 0 Å². The van der Waals surface area contributed by atoms with Crippen LogP contribution in [-0.2, 0) is 12.1 Å². The average molecular weight is 167 g/mol. The van der Waals surface area contributed by atoms with Crippen molar-refractivity contribution in [1.82, 2.24) is 14.9 Å². The quantitative estimate of drug-likeness (QED) is 0.720. The Labute approximate surface area is 73.8 Å². The van der Waals surface area contributed by atoms with Crippen molar-refractivity contribution < 1.29 is 0 Å². The van der Waals surface area contributed by atoms with Gasteiger partial charge in [-0.15, -0.1) is 0 Å². The van der Waals surface area contributed by atoms with Gasteiger partial charge in [-0.1, -0.05) is 0 Å². The first-order valence-corrected chi connectivity index (χ1v) is 4.22. The van der Waals surface area contributed by atoms with Crippen LogP contribution in [0.5, 0.6) is 0 Å². The molecule has 1 aromatic rings. The number of rotatable bonds is 2. The SMILES string of the molecule is CNCc1cn(C(C)(C)C)cn1. The molecule has 3 nitrogen and oxygen atoms in total. The second-order valence-electron chi connectivity index (χ2n) is 3.97. The Morgan fingerprint density at radius 2 is 2.17 bits per heavy atom. The maximum absolute atomic E-state index is 4.27. The Morgan fingerprint density at radius 3 is 2.58 bits per heavy atom. The summed E-state index contributed by atoms with van der Waals surface area (Å²) in [4.78, 5) is 4.27. The first-order chi connectivity index (χ1) is 5.54. The van der Waals surface area contributed by atoms with E-state index in [1.54, 1.807) is 0 Å². The van der Waals surface area contributed by atoms with E-state index < -0.39 is 0 Å². The van der Waals surface area contributed by atoms with Crippen LogP contribution in [0.1, 0.15) is 26.5 Å². The summed E-state index contributed by atoms with van der Waals surface area (Å²) in [6.07, 6.45) is 3.96. The predicted octanol–water partition coefficient (Wildman–Crippen LogP) is 1.36. The molecule has 12 heavy (non-hydrogen) atoms. The Hall–Kier alpha value is -0.830. The van der Waals surface area contributed by atoms with Crippen molar-refractivity contribution in [1.29, 1.82) is 0 Å². The topological polar surface area (TPSA) is 29.9 Å². The van der Waals surface area contributed by atoms with Gasteiger partial charge in [0.25, 0.3) is 0 Å². The molecule has 0 aliphatic carbocycles. The van der Waals surface area contributed by atoms with Crippen LogP contribution < -0.4 is 5.32 Å². The van der Waals surface area contributed by atoms with E-state index in [1.807, 2.05) is 13.4 Å². The van der Waals surface area contributed by atoms with E-state index >= 15 is 0 Å². The molecule has 0 amide bonds. The summed E-state index contributed by atoms with van der Waals surface area (Å²) < 4.78 is 2.12. The van der Waals surface area contributed by atoms with Gasteiger partial charge in [-0.2, -0.15) is 0 Å². The zero-order valence-corrected chi connectivity index (χ0v) is 8.26. The fourth-order valence-corrected chi connectivity index (χ4v) is 1.00. The Kier molecular flexibility index (Phi) is 2.52. The van der Waals surface area contributed by atoms with Gasteiger partial charge < -0.3 is 9.88 Å². The molecule has 0 radical (unpaired) electrons. The highest BCUT2D eigenvalue weighted by Crippen LogP contribution is 2.13. The minimum atomic E-state index is 0.138. The zero-order valence-electron chi connectivity index (χ0n) is 8.26. The molecule has 3 heteroatoms. The van der Waals surface area contributed by atoms with Crippen molar-refractivity contribution in [2.45, 2.75) is 32.9 Å². The summed E-state index contributed by atoms with van der Waals surface area (Å²) >= 11 is 0. The predicted molar refractivity (Wildman–Crippen MR) is 50.0 cm³/mol. The van der Waals surface area contributed by atoms with E-state index in [9.17, 15) is 0 Å². The van der Waals surface area contributed by atoms with E-state index in [1.165, 1.54) is 0 Å². The second kappa shape index (κ2) is 3.27. The highest BCUT2D eigenvalue weighted by Gasteiger charge is 2.12. The highest BCUT2D eigenvalue weighted by molar-refractivity contribution is 4.98. The van der Waals surface area contributed by atoms with Crippen molar-refractivity contribution in [2.75, 3.05) is 7.05 Å². The minimum Gasteiger partial charge on any atom is -0.332 e. The lowest BCUT2D eigenvalue weighted by Gasteiger charge is -2.19. The van der Waals surface area contributed by atoms with E-state index in [-0.39, 0.29) is 5.54 Å². The zero-order chi connectivity index (χ0) is 9.19. The van der Waals surface area contributed by atoms with Crippen LogP contribution >= 0.6 is 0 Å². The number of hydrogen-bond acceptors (Lipinski definition) is 2. The second-order valence-corrected chi connectivity index (χ2v) is 3.97. The largest absolute Gasteiger partial charge is 0.332 e. The molecule has 1 aromatic heterocycles. The lowest BCUT2D eigenvalue weighted by molar-refractivity contribution is 0.396. The van der Waals surface area contributed by atoms with Crippen LogP contribution in [0, 0.1) is 0 Å². The van der Waals surface area contributed by atoms with Crippen molar-refractivity contribution in [3.05, 3.63) is 18.2 Å². The van der Waals surface area contributed by atoms with E-state index in [0.717, 1.165) is 12.2 Å². The summed E-state index contributed by atoms with van der Waals surface area (Å²) in [6, 6.07) is 0. The van der Waals surface area contributed by atoms with Gasteiger partial charge >= 0.3 is 0 Å². The fourth-order valence-electron chi connectivity index (χ4n) is 1.00. The molecule has 0 bridgehead atoms. The smallest absolute Gasteiger partial charge is 0.0954 e. The van der Waals surface area contributed by atoms with Gasteiger partial charge in [-0.25, -0.2) is 4.98 Å². The van der Waals surface area contributed by atoms with Crippen LogP contribution in [0.4, 0.5) is 0 Å². The van der Waals surface area contributed by atoms with Gasteiger partial charge in [-0.05, 0) is 27.8 Å². The number of nitrogens with zero attached hydrogens (tertiary/aromatic N) is 2. The summed E-state index contributed by atoms with van der Waals surface area (Å²) in [5.74, 6) is 0. The molecule has 0 spiro atoms. The first-order valence-electron chi connectivity index (χ1n) is 4.22. The maximum Gasteiger partial charge on any atom is 0.0954 e. The molecule has 0 saturated carbocycles. The lowest BCUT2D eigenvalue weighted by Crippen LogP contribution is -2.19. The number of hydrogen-bond donors (Lipinski definition) is 1. The number of aromatic nitrogens is 2. The number of nitrogens with one attached hydrogen (secondary N) is 1. The third kappa shape index (κ3) is 2.08. The van der Waals surface area contributed by atoms with Crippen LogP contribution in [-0.4, -0.2) is 16.6 Å². The van der Waals surface area contributed by atoms with Crippen LogP contribution in [0.15, 0.2) is 12.5 Å². The molecule has 0 atom stereocenters. The molecule has 1 rings (SSSR count). The van der Waals surface area contributed by atoms with Gasteiger partial charge in [0.05, 0.1) is 12.0 Å².